The van der Waals surface area contributed by atoms with Crippen molar-refractivity contribution in [1.29, 1.82) is 0 Å². The Morgan fingerprint density at radius 3 is 1.35 bits per heavy atom. The molecule has 140 valence electrons. The number of unbranched alkanes of at least 4 members (excludes halogenated alkanes) is 3. The van der Waals surface area contributed by atoms with Crippen LogP contribution in [0.3, 0.4) is 0 Å². The van der Waals surface area contributed by atoms with Crippen molar-refractivity contribution in [2.24, 2.45) is 0 Å². The SMILES string of the molecule is CCCC[P+](CCCC)(CCCC)C(F)(F)C(F)CC(F)(F)F. The first-order chi connectivity index (χ1) is 10.6. The summed E-state index contributed by atoms with van der Waals surface area (Å²) in [6.45, 7) is 5.57. The molecular formula is C16H30F6P+. The van der Waals surface area contributed by atoms with Crippen LogP contribution in [0.1, 0.15) is 65.7 Å². The third-order valence-electron chi connectivity index (χ3n) is 4.24. The van der Waals surface area contributed by atoms with Gasteiger partial charge >= 0.3 is 11.8 Å². The summed E-state index contributed by atoms with van der Waals surface area (Å²) in [6.07, 6.45) is -5.88. The second-order valence-electron chi connectivity index (χ2n) is 6.25. The van der Waals surface area contributed by atoms with E-state index in [1.807, 2.05) is 20.8 Å². The van der Waals surface area contributed by atoms with E-state index in [4.69, 9.17) is 0 Å². The third-order valence-corrected chi connectivity index (χ3v) is 9.30. The second-order valence-corrected chi connectivity index (χ2v) is 10.5. The highest BCUT2D eigenvalue weighted by atomic mass is 31.2. The van der Waals surface area contributed by atoms with Crippen LogP contribution < -0.4 is 0 Å². The summed E-state index contributed by atoms with van der Waals surface area (Å²) in [5.41, 5.74) is -3.85. The van der Waals surface area contributed by atoms with Crippen LogP contribution in [-0.2, 0) is 0 Å². The maximum Gasteiger partial charge on any atom is 0.392 e. The van der Waals surface area contributed by atoms with Crippen LogP contribution in [0, 0.1) is 0 Å². The van der Waals surface area contributed by atoms with Crippen LogP contribution in [0.2, 0.25) is 0 Å². The molecular weight excluding hydrogens is 337 g/mol. The monoisotopic (exact) mass is 367 g/mol. The number of halogens is 6. The maximum absolute atomic E-state index is 14.8. The minimum Gasteiger partial charge on any atom is -0.236 e. The molecule has 0 aromatic carbocycles. The normalized spacial score (nSPS) is 15.0. The molecule has 0 aliphatic rings. The molecule has 1 unspecified atom stereocenters. The summed E-state index contributed by atoms with van der Waals surface area (Å²) in [4.78, 5) is 0. The molecule has 0 aromatic rings. The molecule has 0 heterocycles. The van der Waals surface area contributed by atoms with Gasteiger partial charge in [0.1, 0.15) is 0 Å². The van der Waals surface area contributed by atoms with Crippen LogP contribution in [0.25, 0.3) is 0 Å². The molecule has 1 atom stereocenters. The molecule has 0 amide bonds. The first kappa shape index (κ1) is 23.0. The van der Waals surface area contributed by atoms with Crippen molar-refractivity contribution in [3.63, 3.8) is 0 Å². The van der Waals surface area contributed by atoms with Crippen molar-refractivity contribution in [3.05, 3.63) is 0 Å². The summed E-state index contributed by atoms with van der Waals surface area (Å²) in [7, 11) is -3.10. The molecule has 0 radical (unpaired) electrons. The highest BCUT2D eigenvalue weighted by molar-refractivity contribution is 7.77. The lowest BCUT2D eigenvalue weighted by Crippen LogP contribution is -2.39. The fraction of sp³-hybridized carbons (Fsp3) is 1.00. The minimum absolute atomic E-state index is 0.189. The highest BCUT2D eigenvalue weighted by Gasteiger charge is 2.65. The molecule has 0 bridgehead atoms. The molecule has 0 aromatic heterocycles. The lowest BCUT2D eigenvalue weighted by Gasteiger charge is -2.36. The van der Waals surface area contributed by atoms with Crippen molar-refractivity contribution in [3.8, 4) is 0 Å². The van der Waals surface area contributed by atoms with Crippen molar-refractivity contribution < 1.29 is 26.3 Å². The average Bonchev–Trinajstić information content (AvgIpc) is 2.44. The second kappa shape index (κ2) is 10.1. The van der Waals surface area contributed by atoms with Gasteiger partial charge in [-0.15, -0.1) is 0 Å². The van der Waals surface area contributed by atoms with Gasteiger partial charge in [-0.2, -0.15) is 22.0 Å². The standard InChI is InChI=1S/C16H30F6P/c1-4-7-10-23(11-8-5-2,12-9-6-3)16(21,22)14(17)13-15(18,19)20/h14H,4-13H2,1-3H3/q+1. The van der Waals surface area contributed by atoms with Crippen molar-refractivity contribution in [2.75, 3.05) is 18.5 Å². The first-order valence-electron chi connectivity index (χ1n) is 8.51. The Morgan fingerprint density at radius 2 is 1.09 bits per heavy atom. The molecule has 0 nitrogen and oxygen atoms in total. The zero-order valence-electron chi connectivity index (χ0n) is 14.4. The zero-order valence-corrected chi connectivity index (χ0v) is 15.3. The zero-order chi connectivity index (χ0) is 18.1. The summed E-state index contributed by atoms with van der Waals surface area (Å²) >= 11 is 0. The first-order valence-corrected chi connectivity index (χ1v) is 10.9. The van der Waals surface area contributed by atoms with Gasteiger partial charge < -0.3 is 0 Å². The molecule has 0 fully saturated rings. The van der Waals surface area contributed by atoms with Gasteiger partial charge in [0.15, 0.2) is 0 Å². The van der Waals surface area contributed by atoms with Crippen LogP contribution in [0.4, 0.5) is 26.3 Å². The van der Waals surface area contributed by atoms with Gasteiger partial charge in [0.05, 0.1) is 32.2 Å². The number of hydrogen-bond acceptors (Lipinski definition) is 0. The fourth-order valence-corrected chi connectivity index (χ4v) is 7.80. The Labute approximate surface area is 136 Å². The number of rotatable bonds is 12. The van der Waals surface area contributed by atoms with E-state index < -0.39 is 31.7 Å². The molecule has 0 aliphatic carbocycles. The summed E-state index contributed by atoms with van der Waals surface area (Å²) in [5.74, 6) is 0. The molecule has 0 aliphatic heterocycles. The van der Waals surface area contributed by atoms with Crippen LogP contribution in [0.15, 0.2) is 0 Å². The number of alkyl halides is 6. The van der Waals surface area contributed by atoms with Crippen LogP contribution >= 0.6 is 7.26 Å². The summed E-state index contributed by atoms with van der Waals surface area (Å²) in [5, 5.41) is 0. The van der Waals surface area contributed by atoms with Gasteiger partial charge in [-0.05, 0) is 19.3 Å². The van der Waals surface area contributed by atoms with E-state index >= 15 is 0 Å². The molecule has 0 rings (SSSR count). The summed E-state index contributed by atoms with van der Waals surface area (Å²) in [6, 6.07) is 0. The molecule has 0 saturated carbocycles. The Hall–Kier alpha value is 0.01000. The fourth-order valence-electron chi connectivity index (χ4n) is 2.79. The predicted molar refractivity (Wildman–Crippen MR) is 86.8 cm³/mol. The molecule has 23 heavy (non-hydrogen) atoms. The van der Waals surface area contributed by atoms with Gasteiger partial charge in [-0.3, -0.25) is 0 Å². The Balaban J connectivity index is 5.52. The van der Waals surface area contributed by atoms with Crippen molar-refractivity contribution >= 4 is 7.26 Å². The van der Waals surface area contributed by atoms with Crippen molar-refractivity contribution in [1.82, 2.24) is 0 Å². The van der Waals surface area contributed by atoms with E-state index in [9.17, 15) is 26.3 Å². The maximum atomic E-state index is 14.8. The lowest BCUT2D eigenvalue weighted by atomic mass is 10.3. The summed E-state index contributed by atoms with van der Waals surface area (Å²) < 4.78 is 80.9. The minimum atomic E-state index is -4.90. The lowest BCUT2D eigenvalue weighted by molar-refractivity contribution is -0.163. The van der Waals surface area contributed by atoms with E-state index in [-0.39, 0.29) is 18.5 Å². The molecule has 7 heteroatoms. The molecule has 0 N–H and O–H groups in total. The largest absolute Gasteiger partial charge is 0.392 e. The number of hydrogen-bond donors (Lipinski definition) is 0. The topological polar surface area (TPSA) is 0 Å². The van der Waals surface area contributed by atoms with Gasteiger partial charge in [0, 0.05) is 0 Å². The van der Waals surface area contributed by atoms with Crippen LogP contribution in [-0.4, -0.2) is 36.5 Å². The van der Waals surface area contributed by atoms with E-state index in [0.717, 1.165) is 0 Å². The van der Waals surface area contributed by atoms with E-state index in [1.165, 1.54) is 0 Å². The van der Waals surface area contributed by atoms with Gasteiger partial charge in [-0.1, -0.05) is 40.0 Å². The average molecular weight is 367 g/mol. The predicted octanol–water partition coefficient (Wildman–Crippen LogP) is 7.29. The quantitative estimate of drug-likeness (QED) is 0.251. The van der Waals surface area contributed by atoms with E-state index in [1.54, 1.807) is 0 Å². The van der Waals surface area contributed by atoms with Crippen molar-refractivity contribution in [2.45, 2.75) is 83.7 Å². The Morgan fingerprint density at radius 1 is 0.739 bits per heavy atom. The van der Waals surface area contributed by atoms with Gasteiger partial charge in [0.25, 0.3) is 0 Å². The smallest absolute Gasteiger partial charge is 0.236 e. The third kappa shape index (κ3) is 7.19. The van der Waals surface area contributed by atoms with E-state index in [0.29, 0.717) is 38.5 Å². The van der Waals surface area contributed by atoms with Crippen LogP contribution in [0.5, 0.6) is 0 Å². The highest BCUT2D eigenvalue weighted by Crippen LogP contribution is 2.73. The van der Waals surface area contributed by atoms with Gasteiger partial charge in [-0.25, -0.2) is 4.39 Å². The molecule has 0 saturated heterocycles. The van der Waals surface area contributed by atoms with E-state index in [2.05, 4.69) is 0 Å². The van der Waals surface area contributed by atoms with Gasteiger partial charge in [0.2, 0.25) is 6.17 Å². The Kier molecular flexibility index (Phi) is 10.1. The Bertz CT molecular complexity index is 294. The molecule has 0 spiro atoms.